The first kappa shape index (κ1) is 15.2. The van der Waals surface area contributed by atoms with Gasteiger partial charge in [-0.2, -0.15) is 0 Å². The van der Waals surface area contributed by atoms with E-state index in [0.29, 0.717) is 5.56 Å². The maximum atomic E-state index is 7.89. The number of aliphatic imine (C=N–C) groups is 1. The number of allylic oxidation sites excluding steroid dienone is 2. The molecule has 1 N–H and O–H groups in total. The van der Waals surface area contributed by atoms with E-state index in [2.05, 4.69) is 42.7 Å². The van der Waals surface area contributed by atoms with Crippen LogP contribution in [0.3, 0.4) is 0 Å². The lowest BCUT2D eigenvalue weighted by Gasteiger charge is -2.15. The first-order chi connectivity index (χ1) is 8.88. The Balaban J connectivity index is 2.85. The molecule has 0 saturated heterocycles. The number of nitrogens with zero attached hydrogens (tertiary/aromatic N) is 3. The standard InChI is InChI=1S/C15H22N4/c1-6-11(7-2)8-17-13(16)12-9-18-14(19-10-12)15(3,4)5/h6,8-10,16H,7H2,1-5H3/b11-6+,16-13?,17-8?. The molecule has 0 fully saturated rings. The van der Waals surface area contributed by atoms with Crippen molar-refractivity contribution in [2.24, 2.45) is 4.99 Å². The summed E-state index contributed by atoms with van der Waals surface area (Å²) in [6.07, 6.45) is 7.95. The minimum absolute atomic E-state index is 0.0791. The molecule has 0 aliphatic rings. The van der Waals surface area contributed by atoms with Crippen molar-refractivity contribution in [2.75, 3.05) is 0 Å². The summed E-state index contributed by atoms with van der Waals surface area (Å²) in [5, 5.41) is 7.89. The summed E-state index contributed by atoms with van der Waals surface area (Å²) in [6, 6.07) is 0. The molecule has 0 atom stereocenters. The van der Waals surface area contributed by atoms with Crippen LogP contribution < -0.4 is 0 Å². The van der Waals surface area contributed by atoms with Crippen molar-refractivity contribution in [3.63, 3.8) is 0 Å². The molecule has 19 heavy (non-hydrogen) atoms. The Morgan fingerprint density at radius 1 is 1.32 bits per heavy atom. The summed E-state index contributed by atoms with van der Waals surface area (Å²) in [7, 11) is 0. The summed E-state index contributed by atoms with van der Waals surface area (Å²) in [5.74, 6) is 0.962. The number of amidine groups is 1. The third kappa shape index (κ3) is 4.39. The van der Waals surface area contributed by atoms with E-state index in [4.69, 9.17) is 5.41 Å². The van der Waals surface area contributed by atoms with Gasteiger partial charge in [0.05, 0.1) is 5.56 Å². The van der Waals surface area contributed by atoms with Gasteiger partial charge in [0.25, 0.3) is 0 Å². The first-order valence-corrected chi connectivity index (χ1v) is 6.49. The van der Waals surface area contributed by atoms with E-state index in [-0.39, 0.29) is 11.3 Å². The van der Waals surface area contributed by atoms with Crippen LogP contribution in [0.15, 0.2) is 29.0 Å². The molecule has 1 aromatic rings. The lowest BCUT2D eigenvalue weighted by Crippen LogP contribution is -2.16. The van der Waals surface area contributed by atoms with E-state index in [9.17, 15) is 0 Å². The maximum Gasteiger partial charge on any atom is 0.154 e. The summed E-state index contributed by atoms with van der Waals surface area (Å²) in [4.78, 5) is 12.7. The zero-order valence-corrected chi connectivity index (χ0v) is 12.4. The zero-order valence-electron chi connectivity index (χ0n) is 12.4. The fourth-order valence-corrected chi connectivity index (χ4v) is 1.43. The minimum Gasteiger partial charge on any atom is -0.282 e. The summed E-state index contributed by atoms with van der Waals surface area (Å²) >= 11 is 0. The minimum atomic E-state index is -0.0791. The molecule has 0 bridgehead atoms. The van der Waals surface area contributed by atoms with Gasteiger partial charge in [0, 0.05) is 24.0 Å². The second-order valence-electron chi connectivity index (χ2n) is 5.37. The summed E-state index contributed by atoms with van der Waals surface area (Å²) in [6.45, 7) is 10.2. The highest BCUT2D eigenvalue weighted by molar-refractivity contribution is 6.02. The van der Waals surface area contributed by atoms with Crippen LogP contribution in [0.25, 0.3) is 0 Å². The molecule has 0 amide bonds. The maximum absolute atomic E-state index is 7.89. The van der Waals surface area contributed by atoms with Crippen molar-refractivity contribution in [3.8, 4) is 0 Å². The molecular weight excluding hydrogens is 236 g/mol. The van der Waals surface area contributed by atoms with Crippen LogP contribution in [0.2, 0.25) is 0 Å². The molecule has 1 aromatic heterocycles. The molecule has 0 aliphatic heterocycles. The molecule has 1 rings (SSSR count). The van der Waals surface area contributed by atoms with Gasteiger partial charge in [-0.3, -0.25) is 5.41 Å². The van der Waals surface area contributed by atoms with Gasteiger partial charge in [0.15, 0.2) is 5.84 Å². The second kappa shape index (κ2) is 6.36. The number of aromatic nitrogens is 2. The van der Waals surface area contributed by atoms with E-state index in [1.807, 2.05) is 13.0 Å². The van der Waals surface area contributed by atoms with Crippen LogP contribution in [0.4, 0.5) is 0 Å². The number of nitrogens with one attached hydrogen (secondary N) is 1. The average molecular weight is 258 g/mol. The van der Waals surface area contributed by atoms with Crippen molar-refractivity contribution in [1.29, 1.82) is 5.41 Å². The van der Waals surface area contributed by atoms with Crippen molar-refractivity contribution >= 4 is 12.1 Å². The van der Waals surface area contributed by atoms with Gasteiger partial charge in [-0.25, -0.2) is 15.0 Å². The Hall–Kier alpha value is -1.84. The summed E-state index contributed by atoms with van der Waals surface area (Å²) in [5.41, 5.74) is 1.66. The van der Waals surface area contributed by atoms with E-state index >= 15 is 0 Å². The molecule has 0 spiro atoms. The van der Waals surface area contributed by atoms with Gasteiger partial charge in [0.2, 0.25) is 0 Å². The fraction of sp³-hybridized carbons (Fsp3) is 0.467. The molecule has 102 valence electrons. The predicted molar refractivity (Wildman–Crippen MR) is 80.1 cm³/mol. The van der Waals surface area contributed by atoms with Crippen molar-refractivity contribution in [2.45, 2.75) is 46.5 Å². The highest BCUT2D eigenvalue weighted by Crippen LogP contribution is 2.17. The highest BCUT2D eigenvalue weighted by Gasteiger charge is 2.16. The Labute approximate surface area is 115 Å². The highest BCUT2D eigenvalue weighted by atomic mass is 14.9. The number of hydrogen-bond donors (Lipinski definition) is 1. The molecule has 0 aliphatic carbocycles. The van der Waals surface area contributed by atoms with Crippen LogP contribution in [0.1, 0.15) is 52.4 Å². The van der Waals surface area contributed by atoms with Crippen molar-refractivity contribution in [3.05, 3.63) is 35.4 Å². The van der Waals surface area contributed by atoms with E-state index < -0.39 is 0 Å². The predicted octanol–water partition coefficient (Wildman–Crippen LogP) is 3.53. The lowest BCUT2D eigenvalue weighted by molar-refractivity contribution is 0.545. The molecule has 0 radical (unpaired) electrons. The molecule has 4 nitrogen and oxygen atoms in total. The van der Waals surface area contributed by atoms with Crippen molar-refractivity contribution < 1.29 is 0 Å². The molecule has 0 saturated carbocycles. The molecular formula is C15H22N4. The van der Waals surface area contributed by atoms with E-state index in [1.165, 1.54) is 0 Å². The number of hydrogen-bond acceptors (Lipinski definition) is 3. The van der Waals surface area contributed by atoms with Gasteiger partial charge in [-0.05, 0) is 18.9 Å². The van der Waals surface area contributed by atoms with Crippen LogP contribution in [-0.4, -0.2) is 22.0 Å². The first-order valence-electron chi connectivity index (χ1n) is 6.49. The lowest BCUT2D eigenvalue weighted by atomic mass is 9.96. The zero-order chi connectivity index (χ0) is 14.5. The van der Waals surface area contributed by atoms with Crippen LogP contribution in [0, 0.1) is 5.41 Å². The molecule has 0 aromatic carbocycles. The molecule has 1 heterocycles. The fourth-order valence-electron chi connectivity index (χ4n) is 1.43. The van der Waals surface area contributed by atoms with Gasteiger partial charge in [-0.15, -0.1) is 0 Å². The van der Waals surface area contributed by atoms with Gasteiger partial charge in [-0.1, -0.05) is 33.8 Å². The van der Waals surface area contributed by atoms with E-state index in [0.717, 1.165) is 17.8 Å². The second-order valence-corrected chi connectivity index (χ2v) is 5.37. The third-order valence-corrected chi connectivity index (χ3v) is 2.73. The average Bonchev–Trinajstić information content (AvgIpc) is 2.39. The topological polar surface area (TPSA) is 62.0 Å². The smallest absolute Gasteiger partial charge is 0.154 e. The Morgan fingerprint density at radius 3 is 2.32 bits per heavy atom. The Morgan fingerprint density at radius 2 is 1.89 bits per heavy atom. The van der Waals surface area contributed by atoms with Crippen LogP contribution >= 0.6 is 0 Å². The summed E-state index contributed by atoms with van der Waals surface area (Å²) < 4.78 is 0. The van der Waals surface area contributed by atoms with Crippen molar-refractivity contribution in [1.82, 2.24) is 9.97 Å². The monoisotopic (exact) mass is 258 g/mol. The van der Waals surface area contributed by atoms with Crippen LogP contribution in [0.5, 0.6) is 0 Å². The Bertz CT molecular complexity index is 490. The van der Waals surface area contributed by atoms with E-state index in [1.54, 1.807) is 18.6 Å². The molecule has 0 unspecified atom stereocenters. The number of rotatable bonds is 3. The molecule has 4 heteroatoms. The normalized spacial score (nSPS) is 13.0. The van der Waals surface area contributed by atoms with Gasteiger partial charge >= 0.3 is 0 Å². The quantitative estimate of drug-likeness (QED) is 0.666. The SMILES string of the molecule is C/C=C(/C=NC(=N)c1cnc(C(C)(C)C)nc1)CC. The third-order valence-electron chi connectivity index (χ3n) is 2.73. The van der Waals surface area contributed by atoms with Crippen LogP contribution in [-0.2, 0) is 5.41 Å². The van der Waals surface area contributed by atoms with Gasteiger partial charge < -0.3 is 0 Å². The largest absolute Gasteiger partial charge is 0.282 e. The Kier molecular flexibility index (Phi) is 5.10. The van der Waals surface area contributed by atoms with Gasteiger partial charge in [0.1, 0.15) is 5.82 Å².